The van der Waals surface area contributed by atoms with Crippen molar-refractivity contribution in [2.45, 2.75) is 64.1 Å². The Morgan fingerprint density at radius 2 is 1.85 bits per heavy atom. The topological polar surface area (TPSA) is 134 Å². The number of carboxylic acid groups (broad SMARTS) is 1. The van der Waals surface area contributed by atoms with E-state index in [0.717, 1.165) is 18.2 Å². The Balaban J connectivity index is 0.00000800. The predicted octanol–water partition coefficient (Wildman–Crippen LogP) is -1.13. The molecule has 0 aliphatic rings. The number of rotatable bonds is 11. The molecule has 0 saturated heterocycles. The van der Waals surface area contributed by atoms with Gasteiger partial charge in [-0.2, -0.15) is 0 Å². The average molecular weight is 490 g/mol. The second-order valence-electron chi connectivity index (χ2n) is 7.72. The molecule has 3 atom stereocenters. The molecule has 0 bridgehead atoms. The second-order valence-corrected chi connectivity index (χ2v) is 7.72. The van der Waals surface area contributed by atoms with Crippen LogP contribution in [0.25, 0.3) is 17.2 Å². The Morgan fingerprint density at radius 3 is 2.38 bits per heavy atom. The molecule has 4 N–H and O–H groups in total. The number of pyridine rings is 1. The first-order chi connectivity index (χ1) is 18.0. The van der Waals surface area contributed by atoms with E-state index in [0.29, 0.717) is 0 Å². The van der Waals surface area contributed by atoms with Gasteiger partial charge < -0.3 is 30.3 Å². The van der Waals surface area contributed by atoms with E-state index in [9.17, 15) is 34.7 Å². The number of halogens is 1. The van der Waals surface area contributed by atoms with E-state index in [1.54, 1.807) is 0 Å². The predicted molar refractivity (Wildman–Crippen MR) is 120 cm³/mol. The Labute approximate surface area is 229 Å². The molecule has 9 heteroatoms. The molecule has 0 aliphatic carbocycles. The van der Waals surface area contributed by atoms with Gasteiger partial charge in [0.25, 0.3) is 0 Å². The van der Waals surface area contributed by atoms with Crippen LogP contribution in [-0.2, 0) is 11.4 Å². The molecule has 7 nitrogen and oxygen atoms in total. The molecular formula is C25H31FNNaO6. The van der Waals surface area contributed by atoms with Gasteiger partial charge in [0, 0.05) is 44.1 Å². The largest absolute Gasteiger partial charge is 1.00 e. The molecule has 0 spiro atoms. The zero-order valence-electron chi connectivity index (χ0n) is 25.0. The van der Waals surface area contributed by atoms with E-state index < -0.39 is 81.3 Å². The molecule has 0 radical (unpaired) electrons. The van der Waals surface area contributed by atoms with Crippen LogP contribution in [0.1, 0.15) is 76.0 Å². The monoisotopic (exact) mass is 489 g/mol. The summed E-state index contributed by atoms with van der Waals surface area (Å²) in [6.45, 7) is -5.79. The molecule has 0 unspecified atom stereocenters. The van der Waals surface area contributed by atoms with Gasteiger partial charge in [0.2, 0.25) is 0 Å². The molecule has 0 amide bonds. The van der Waals surface area contributed by atoms with E-state index in [4.69, 9.17) is 8.22 Å². The van der Waals surface area contributed by atoms with E-state index in [1.807, 2.05) is 0 Å². The number of hydrogen-bond donors (Lipinski definition) is 4. The van der Waals surface area contributed by atoms with E-state index in [1.165, 1.54) is 25.1 Å². The third-order valence-electron chi connectivity index (χ3n) is 5.10. The SMILES string of the molecule is [2H]C([2H])([2H])C(c1nc([C@H](C)CO)c(CO)c(-c2ccc(F)cc2)c1C=C[C@@H](O)C[C@@H](O)CC(=O)[O-])C([2H])([2H])[2H].[Na+]. The fourth-order valence-corrected chi connectivity index (χ4v) is 3.51. The molecule has 2 aromatic rings. The fourth-order valence-electron chi connectivity index (χ4n) is 3.51. The van der Waals surface area contributed by atoms with Crippen molar-refractivity contribution >= 4 is 12.0 Å². The zero-order chi connectivity index (χ0) is 29.7. The van der Waals surface area contributed by atoms with Gasteiger partial charge in [-0.05, 0) is 29.2 Å². The van der Waals surface area contributed by atoms with Crippen molar-refractivity contribution in [2.24, 2.45) is 0 Å². The van der Waals surface area contributed by atoms with Gasteiger partial charge >= 0.3 is 29.6 Å². The van der Waals surface area contributed by atoms with Gasteiger partial charge in [-0.25, -0.2) is 4.39 Å². The van der Waals surface area contributed by atoms with Crippen molar-refractivity contribution in [1.29, 1.82) is 0 Å². The number of benzene rings is 1. The van der Waals surface area contributed by atoms with Crippen LogP contribution >= 0.6 is 0 Å². The third-order valence-corrected chi connectivity index (χ3v) is 5.10. The average Bonchev–Trinajstić information content (AvgIpc) is 2.80. The molecule has 1 aromatic heterocycles. The summed E-state index contributed by atoms with van der Waals surface area (Å²) in [6.07, 6.45) is -1.84. The Kier molecular flexibility index (Phi) is 8.93. The van der Waals surface area contributed by atoms with Gasteiger partial charge in [-0.1, -0.05) is 44.9 Å². The van der Waals surface area contributed by atoms with Crippen molar-refractivity contribution in [2.75, 3.05) is 6.61 Å². The molecule has 1 aromatic carbocycles. The first kappa shape index (κ1) is 21.6. The number of aliphatic carboxylic acids is 1. The number of carbonyl (C=O) groups excluding carboxylic acids is 1. The molecule has 0 aliphatic heterocycles. The number of carboxylic acids is 1. The van der Waals surface area contributed by atoms with Crippen molar-refractivity contribution < 1.29 is 72.5 Å². The number of aliphatic hydroxyl groups excluding tert-OH is 4. The number of carbonyl (C=O) groups is 1. The number of nitrogens with zero attached hydrogens (tertiary/aromatic N) is 1. The minimum atomic E-state index is -3.09. The summed E-state index contributed by atoms with van der Waals surface area (Å²) in [7, 11) is 0. The standard InChI is InChI=1S/C25H32FNO6.Na/c1-14(2)24-20(9-8-18(30)10-19(31)11-22(32)33)23(16-4-6-17(26)7-5-16)21(13-29)25(27-24)15(3)12-28;/h4-9,14-15,18-19,28-31H,10-13H2,1-3H3,(H,32,33);/q;+1/p-1/t15-,18-,19-;/m1./s1/i1D3,2D3;. The first-order valence-electron chi connectivity index (χ1n) is 13.3. The minimum absolute atomic E-state index is 0. The van der Waals surface area contributed by atoms with Crippen LogP contribution < -0.4 is 34.7 Å². The van der Waals surface area contributed by atoms with Crippen LogP contribution in [0, 0.1) is 5.82 Å². The summed E-state index contributed by atoms with van der Waals surface area (Å²) in [5, 5.41) is 51.2. The van der Waals surface area contributed by atoms with Crippen LogP contribution in [0.2, 0.25) is 0 Å². The van der Waals surface area contributed by atoms with E-state index in [2.05, 4.69) is 4.98 Å². The summed E-state index contributed by atoms with van der Waals surface area (Å²) in [5.41, 5.74) is -0.0138. The fraction of sp³-hybridized carbons (Fsp3) is 0.440. The molecule has 1 heterocycles. The summed E-state index contributed by atoms with van der Waals surface area (Å²) >= 11 is 0. The van der Waals surface area contributed by atoms with Gasteiger partial charge in [-0.3, -0.25) is 4.98 Å². The quantitative estimate of drug-likeness (QED) is 0.294. The molecule has 0 fully saturated rings. The van der Waals surface area contributed by atoms with E-state index >= 15 is 0 Å². The van der Waals surface area contributed by atoms with Crippen LogP contribution in [0.4, 0.5) is 4.39 Å². The number of aliphatic hydroxyl groups is 4. The number of hydrogen-bond acceptors (Lipinski definition) is 7. The van der Waals surface area contributed by atoms with Crippen LogP contribution in [0.15, 0.2) is 30.3 Å². The maximum atomic E-state index is 13.8. The van der Waals surface area contributed by atoms with Crippen LogP contribution in [-0.4, -0.2) is 50.2 Å². The minimum Gasteiger partial charge on any atom is -0.550 e. The van der Waals surface area contributed by atoms with Crippen molar-refractivity contribution in [3.8, 4) is 11.1 Å². The third kappa shape index (κ3) is 7.95. The summed E-state index contributed by atoms with van der Waals surface area (Å²) in [4.78, 5) is 15.1. The zero-order valence-corrected chi connectivity index (χ0v) is 21.0. The second kappa shape index (κ2) is 14.0. The van der Waals surface area contributed by atoms with Crippen molar-refractivity contribution in [1.82, 2.24) is 4.98 Å². The molecule has 34 heavy (non-hydrogen) atoms. The van der Waals surface area contributed by atoms with E-state index in [-0.39, 0.29) is 57.5 Å². The smallest absolute Gasteiger partial charge is 0.550 e. The Bertz CT molecular complexity index is 1160. The molecule has 2 rings (SSSR count). The van der Waals surface area contributed by atoms with Crippen molar-refractivity contribution in [3.05, 3.63) is 58.7 Å². The van der Waals surface area contributed by atoms with Crippen molar-refractivity contribution in [3.63, 3.8) is 0 Å². The summed E-state index contributed by atoms with van der Waals surface area (Å²) in [6, 6.07) is 4.88. The maximum Gasteiger partial charge on any atom is 1.00 e. The molecule has 0 saturated carbocycles. The molecule has 180 valence electrons. The van der Waals surface area contributed by atoms with Gasteiger partial charge in [0.05, 0.1) is 36.8 Å². The summed E-state index contributed by atoms with van der Waals surface area (Å²) in [5.74, 6) is -5.03. The summed E-state index contributed by atoms with van der Waals surface area (Å²) < 4.78 is 61.7. The molecular weight excluding hydrogens is 452 g/mol. The number of aromatic nitrogens is 1. The Morgan fingerprint density at radius 1 is 1.21 bits per heavy atom. The van der Waals surface area contributed by atoms with Gasteiger partial charge in [0.1, 0.15) is 5.82 Å². The first-order valence-corrected chi connectivity index (χ1v) is 10.3. The van der Waals surface area contributed by atoms with Crippen LogP contribution in [0.3, 0.4) is 0 Å². The van der Waals surface area contributed by atoms with Gasteiger partial charge in [-0.15, -0.1) is 0 Å². The normalized spacial score (nSPS) is 17.5. The Hall–Kier alpha value is -1.65. The maximum absolute atomic E-state index is 13.8. The van der Waals surface area contributed by atoms with Crippen LogP contribution in [0.5, 0.6) is 0 Å². The van der Waals surface area contributed by atoms with Gasteiger partial charge in [0.15, 0.2) is 0 Å².